The predicted molar refractivity (Wildman–Crippen MR) is 128 cm³/mol. The van der Waals surface area contributed by atoms with E-state index >= 15 is 0 Å². The molecule has 1 aliphatic heterocycles. The lowest BCUT2D eigenvalue weighted by Crippen LogP contribution is -2.43. The number of carbonyl (C=O) groups is 1. The van der Waals surface area contributed by atoms with Crippen molar-refractivity contribution in [3.05, 3.63) is 71.7 Å². The number of hydrogen-bond acceptors (Lipinski definition) is 4. The van der Waals surface area contributed by atoms with Crippen molar-refractivity contribution in [1.82, 2.24) is 20.0 Å². The highest BCUT2D eigenvalue weighted by atomic mass is 19.1. The van der Waals surface area contributed by atoms with Crippen molar-refractivity contribution in [3.8, 4) is 17.3 Å². The number of urea groups is 1. The Morgan fingerprint density at radius 1 is 1.21 bits per heavy atom. The Hall–Kier alpha value is -3.39. The number of carbonyl (C=O) groups excluding carboxylic acids is 1. The Labute approximate surface area is 199 Å². The van der Waals surface area contributed by atoms with Crippen LogP contribution < -0.4 is 10.1 Å². The number of ether oxygens (including phenoxy) is 2. The monoisotopic (exact) mass is 466 g/mol. The molecule has 4 rings (SSSR count). The normalized spacial score (nSPS) is 15.3. The minimum Gasteiger partial charge on any atom is -0.439 e. The molecule has 0 aliphatic carbocycles. The zero-order valence-corrected chi connectivity index (χ0v) is 19.7. The third kappa shape index (κ3) is 5.56. The number of aromatic nitrogens is 2. The summed E-state index contributed by atoms with van der Waals surface area (Å²) in [6.07, 6.45) is 2.61. The molecule has 0 bridgehead atoms. The Bertz CT molecular complexity index is 1080. The number of nitrogens with zero attached hydrogens (tertiary/aromatic N) is 3. The number of para-hydroxylation sites is 1. The van der Waals surface area contributed by atoms with Crippen LogP contribution in [0.2, 0.25) is 0 Å². The fraction of sp³-hybridized carbons (Fsp3) is 0.385. The molecule has 1 saturated heterocycles. The SMILES string of the molecule is CCNC(=O)N(Cc1c(CC)nn(-c2ccccc2)c1Oc1ccc(F)cc1)CC1CCCO1. The predicted octanol–water partition coefficient (Wildman–Crippen LogP) is 5.08. The van der Waals surface area contributed by atoms with Gasteiger partial charge >= 0.3 is 6.03 Å². The summed E-state index contributed by atoms with van der Waals surface area (Å²) in [5, 5.41) is 7.74. The fourth-order valence-electron chi connectivity index (χ4n) is 4.09. The van der Waals surface area contributed by atoms with Gasteiger partial charge in [0.1, 0.15) is 11.6 Å². The van der Waals surface area contributed by atoms with Crippen molar-refractivity contribution in [2.24, 2.45) is 0 Å². The van der Waals surface area contributed by atoms with Crippen LogP contribution in [0.25, 0.3) is 5.69 Å². The summed E-state index contributed by atoms with van der Waals surface area (Å²) in [7, 11) is 0. The van der Waals surface area contributed by atoms with Crippen LogP contribution in [0.15, 0.2) is 54.6 Å². The molecule has 2 amide bonds. The summed E-state index contributed by atoms with van der Waals surface area (Å²) >= 11 is 0. The average Bonchev–Trinajstić information content (AvgIpc) is 3.49. The third-order valence-corrected chi connectivity index (χ3v) is 5.80. The molecule has 7 nitrogen and oxygen atoms in total. The lowest BCUT2D eigenvalue weighted by molar-refractivity contribution is 0.0793. The van der Waals surface area contributed by atoms with Crippen LogP contribution >= 0.6 is 0 Å². The van der Waals surface area contributed by atoms with Gasteiger partial charge in [-0.15, -0.1) is 0 Å². The van der Waals surface area contributed by atoms with Crippen molar-refractivity contribution in [3.63, 3.8) is 0 Å². The highest BCUT2D eigenvalue weighted by Gasteiger charge is 2.27. The number of hydrogen-bond donors (Lipinski definition) is 1. The van der Waals surface area contributed by atoms with Crippen LogP contribution in [0.3, 0.4) is 0 Å². The average molecular weight is 467 g/mol. The van der Waals surface area contributed by atoms with E-state index in [1.807, 2.05) is 44.2 Å². The second-order valence-electron chi connectivity index (χ2n) is 8.24. The first-order valence-corrected chi connectivity index (χ1v) is 11.8. The van der Waals surface area contributed by atoms with Crippen molar-refractivity contribution in [2.45, 2.75) is 45.8 Å². The number of nitrogens with one attached hydrogen (secondary N) is 1. The second-order valence-corrected chi connectivity index (χ2v) is 8.24. The molecule has 2 heterocycles. The number of halogens is 1. The van der Waals surface area contributed by atoms with Gasteiger partial charge in [-0.3, -0.25) is 0 Å². The number of aryl methyl sites for hydroxylation is 1. The van der Waals surface area contributed by atoms with Gasteiger partial charge in [0.05, 0.1) is 29.6 Å². The highest BCUT2D eigenvalue weighted by molar-refractivity contribution is 5.74. The Kier molecular flexibility index (Phi) is 7.80. The second kappa shape index (κ2) is 11.2. The minimum atomic E-state index is -0.336. The Morgan fingerprint density at radius 2 is 1.97 bits per heavy atom. The zero-order chi connectivity index (χ0) is 23.9. The van der Waals surface area contributed by atoms with Gasteiger partial charge in [0.25, 0.3) is 0 Å². The molecule has 1 fully saturated rings. The standard InChI is InChI=1S/C26H31FN4O3/c1-3-24-23(18-30(26(32)28-4-2)17-22-11-8-16-33-22)25(34-21-14-12-19(27)13-15-21)31(29-24)20-9-6-5-7-10-20/h5-7,9-10,12-15,22H,3-4,8,11,16-18H2,1-2H3,(H,28,32). The van der Waals surface area contributed by atoms with E-state index in [1.54, 1.807) is 21.7 Å². The first-order valence-electron chi connectivity index (χ1n) is 11.8. The molecule has 180 valence electrons. The summed E-state index contributed by atoms with van der Waals surface area (Å²) in [5.74, 6) is 0.666. The molecule has 2 aromatic carbocycles. The van der Waals surface area contributed by atoms with E-state index in [0.717, 1.165) is 36.4 Å². The van der Waals surface area contributed by atoms with Gasteiger partial charge < -0.3 is 19.7 Å². The van der Waals surface area contributed by atoms with Gasteiger partial charge in [0, 0.05) is 19.7 Å². The molecule has 1 aliphatic rings. The summed E-state index contributed by atoms with van der Waals surface area (Å²) in [6.45, 7) is 5.98. The highest BCUT2D eigenvalue weighted by Crippen LogP contribution is 2.32. The molecule has 3 aromatic rings. The van der Waals surface area contributed by atoms with E-state index in [2.05, 4.69) is 5.32 Å². The van der Waals surface area contributed by atoms with Crippen molar-refractivity contribution < 1.29 is 18.7 Å². The maximum atomic E-state index is 13.5. The maximum Gasteiger partial charge on any atom is 0.317 e. The van der Waals surface area contributed by atoms with E-state index in [0.29, 0.717) is 37.7 Å². The van der Waals surface area contributed by atoms with E-state index < -0.39 is 0 Å². The van der Waals surface area contributed by atoms with Gasteiger partial charge in [-0.25, -0.2) is 13.9 Å². The van der Waals surface area contributed by atoms with Crippen LogP contribution in [0.1, 0.15) is 37.9 Å². The van der Waals surface area contributed by atoms with Crippen molar-refractivity contribution >= 4 is 6.03 Å². The largest absolute Gasteiger partial charge is 0.439 e. The van der Waals surface area contributed by atoms with Crippen molar-refractivity contribution in [1.29, 1.82) is 0 Å². The van der Waals surface area contributed by atoms with Gasteiger partial charge in [-0.05, 0) is 62.6 Å². The first kappa shape index (κ1) is 23.8. The maximum absolute atomic E-state index is 13.5. The number of amides is 2. The van der Waals surface area contributed by atoms with Crippen LogP contribution in [0.5, 0.6) is 11.6 Å². The zero-order valence-electron chi connectivity index (χ0n) is 19.7. The molecule has 1 unspecified atom stereocenters. The fourth-order valence-corrected chi connectivity index (χ4v) is 4.09. The quantitative estimate of drug-likeness (QED) is 0.478. The molecule has 0 saturated carbocycles. The smallest absolute Gasteiger partial charge is 0.317 e. The molecular formula is C26H31FN4O3. The number of rotatable bonds is 9. The molecule has 1 N–H and O–H groups in total. The van der Waals surface area contributed by atoms with E-state index in [4.69, 9.17) is 14.6 Å². The van der Waals surface area contributed by atoms with Gasteiger partial charge in [0.2, 0.25) is 5.88 Å². The summed E-state index contributed by atoms with van der Waals surface area (Å²) in [6, 6.07) is 15.4. The number of benzene rings is 2. The van der Waals surface area contributed by atoms with Crippen LogP contribution in [-0.4, -0.2) is 46.5 Å². The molecule has 34 heavy (non-hydrogen) atoms. The molecule has 8 heteroatoms. The summed E-state index contributed by atoms with van der Waals surface area (Å²) in [5.41, 5.74) is 2.49. The molecule has 1 atom stereocenters. The van der Waals surface area contributed by atoms with Gasteiger partial charge in [-0.1, -0.05) is 25.1 Å². The summed E-state index contributed by atoms with van der Waals surface area (Å²) < 4.78 is 27.3. The van der Waals surface area contributed by atoms with Crippen LogP contribution in [-0.2, 0) is 17.7 Å². The van der Waals surface area contributed by atoms with Crippen LogP contribution in [0, 0.1) is 5.82 Å². The molecular weight excluding hydrogens is 435 g/mol. The molecule has 0 radical (unpaired) electrons. The topological polar surface area (TPSA) is 68.6 Å². The van der Waals surface area contributed by atoms with Crippen molar-refractivity contribution in [2.75, 3.05) is 19.7 Å². The minimum absolute atomic E-state index is 0.0123. The third-order valence-electron chi connectivity index (χ3n) is 5.80. The lowest BCUT2D eigenvalue weighted by atomic mass is 10.1. The van der Waals surface area contributed by atoms with E-state index in [1.165, 1.54) is 12.1 Å². The van der Waals surface area contributed by atoms with E-state index in [9.17, 15) is 9.18 Å². The molecule has 1 aromatic heterocycles. The van der Waals surface area contributed by atoms with Crippen LogP contribution in [0.4, 0.5) is 9.18 Å². The Morgan fingerprint density at radius 3 is 2.62 bits per heavy atom. The van der Waals surface area contributed by atoms with E-state index in [-0.39, 0.29) is 18.0 Å². The lowest BCUT2D eigenvalue weighted by Gasteiger charge is -2.26. The molecule has 0 spiro atoms. The van der Waals surface area contributed by atoms with Gasteiger partial charge in [-0.2, -0.15) is 5.10 Å². The van der Waals surface area contributed by atoms with Gasteiger partial charge in [0.15, 0.2) is 0 Å². The Balaban J connectivity index is 1.74. The summed E-state index contributed by atoms with van der Waals surface area (Å²) in [4.78, 5) is 14.7. The first-order chi connectivity index (χ1) is 16.6.